The van der Waals surface area contributed by atoms with E-state index in [0.29, 0.717) is 17.8 Å². The molecule has 4 rings (SSSR count). The van der Waals surface area contributed by atoms with Crippen LogP contribution in [-0.2, 0) is 11.8 Å². The van der Waals surface area contributed by atoms with Gasteiger partial charge in [-0.2, -0.15) is 4.98 Å². The first kappa shape index (κ1) is 16.8. The van der Waals surface area contributed by atoms with Gasteiger partial charge in [-0.3, -0.25) is 9.78 Å². The summed E-state index contributed by atoms with van der Waals surface area (Å²) >= 11 is 0. The van der Waals surface area contributed by atoms with Crippen molar-refractivity contribution in [2.24, 2.45) is 0 Å². The zero-order valence-electron chi connectivity index (χ0n) is 15.4. The maximum absolute atomic E-state index is 12.5. The SMILES string of the molecule is COc1ccnc(N2CCCC3(CCc4c3nc(N(C)C)[nH]c4=O)C2)n1. The molecule has 8 nitrogen and oxygen atoms in total. The summed E-state index contributed by atoms with van der Waals surface area (Å²) < 4.78 is 5.24. The van der Waals surface area contributed by atoms with E-state index < -0.39 is 0 Å². The molecule has 8 heteroatoms. The minimum absolute atomic E-state index is 0.00895. The highest BCUT2D eigenvalue weighted by atomic mass is 16.5. The number of piperidine rings is 1. The van der Waals surface area contributed by atoms with E-state index in [1.165, 1.54) is 0 Å². The lowest BCUT2D eigenvalue weighted by atomic mass is 9.77. The zero-order valence-corrected chi connectivity index (χ0v) is 15.4. The number of fused-ring (bicyclic) bond motifs is 2. The van der Waals surface area contributed by atoms with E-state index in [4.69, 9.17) is 9.72 Å². The first-order valence-electron chi connectivity index (χ1n) is 8.95. The Kier molecular flexibility index (Phi) is 4.05. The molecule has 1 N–H and O–H groups in total. The Balaban J connectivity index is 1.71. The highest BCUT2D eigenvalue weighted by Crippen LogP contribution is 2.43. The average Bonchev–Trinajstić information content (AvgIpc) is 3.00. The van der Waals surface area contributed by atoms with Gasteiger partial charge in [-0.15, -0.1) is 0 Å². The molecule has 1 saturated heterocycles. The van der Waals surface area contributed by atoms with Crippen molar-refractivity contribution >= 4 is 11.9 Å². The molecule has 2 aliphatic rings. The maximum Gasteiger partial charge on any atom is 0.255 e. The summed E-state index contributed by atoms with van der Waals surface area (Å²) in [7, 11) is 5.39. The van der Waals surface area contributed by atoms with Crippen molar-refractivity contribution in [3.63, 3.8) is 0 Å². The molecule has 2 aromatic rings. The summed E-state index contributed by atoms with van der Waals surface area (Å²) in [6.07, 6.45) is 5.49. The largest absolute Gasteiger partial charge is 0.481 e. The van der Waals surface area contributed by atoms with Crippen LogP contribution in [0.15, 0.2) is 17.1 Å². The van der Waals surface area contributed by atoms with E-state index in [0.717, 1.165) is 50.0 Å². The number of aromatic nitrogens is 4. The van der Waals surface area contributed by atoms with Crippen LogP contribution >= 0.6 is 0 Å². The molecule has 1 spiro atoms. The molecule has 3 heterocycles. The van der Waals surface area contributed by atoms with Crippen LogP contribution in [0.4, 0.5) is 11.9 Å². The first-order chi connectivity index (χ1) is 12.5. The molecular formula is C18H24N6O2. The summed E-state index contributed by atoms with van der Waals surface area (Å²) in [5.74, 6) is 1.85. The molecule has 0 aromatic carbocycles. The van der Waals surface area contributed by atoms with E-state index in [9.17, 15) is 4.79 Å². The molecule has 0 amide bonds. The van der Waals surface area contributed by atoms with Crippen LogP contribution in [0.5, 0.6) is 5.88 Å². The van der Waals surface area contributed by atoms with Crippen LogP contribution in [0.3, 0.4) is 0 Å². The summed E-state index contributed by atoms with van der Waals surface area (Å²) in [6.45, 7) is 1.67. The highest BCUT2D eigenvalue weighted by Gasteiger charge is 2.45. The van der Waals surface area contributed by atoms with Crippen molar-refractivity contribution in [1.29, 1.82) is 0 Å². The predicted molar refractivity (Wildman–Crippen MR) is 99.2 cm³/mol. The normalized spacial score (nSPS) is 21.7. The fourth-order valence-electron chi connectivity index (χ4n) is 4.15. The van der Waals surface area contributed by atoms with E-state index in [1.807, 2.05) is 19.0 Å². The highest BCUT2D eigenvalue weighted by molar-refractivity contribution is 5.43. The molecule has 1 atom stereocenters. The Morgan fingerprint density at radius 1 is 1.31 bits per heavy atom. The smallest absolute Gasteiger partial charge is 0.255 e. The Morgan fingerprint density at radius 2 is 2.15 bits per heavy atom. The Labute approximate surface area is 152 Å². The number of ether oxygens (including phenoxy) is 1. The van der Waals surface area contributed by atoms with Crippen LogP contribution in [0.25, 0.3) is 0 Å². The molecule has 0 bridgehead atoms. The number of nitrogens with one attached hydrogen (secondary N) is 1. The first-order valence-corrected chi connectivity index (χ1v) is 8.95. The molecular weight excluding hydrogens is 332 g/mol. The standard InChI is InChI=1S/C18H24N6O2/c1-23(2)17-21-14-12(15(25)22-17)5-8-18(14)7-4-10-24(11-18)16-19-9-6-13(20-16)26-3/h6,9H,4-5,7-8,10-11H2,1-3H3,(H,21,22,25). The second-order valence-corrected chi connectivity index (χ2v) is 7.32. The van der Waals surface area contributed by atoms with Gasteiger partial charge in [0, 0.05) is 50.4 Å². The van der Waals surface area contributed by atoms with Crippen molar-refractivity contribution in [1.82, 2.24) is 19.9 Å². The third-order valence-electron chi connectivity index (χ3n) is 5.47. The van der Waals surface area contributed by atoms with Gasteiger partial charge in [0.2, 0.25) is 17.8 Å². The van der Waals surface area contributed by atoms with Crippen LogP contribution < -0.4 is 20.1 Å². The Morgan fingerprint density at radius 3 is 2.92 bits per heavy atom. The van der Waals surface area contributed by atoms with Gasteiger partial charge in [0.1, 0.15) is 0 Å². The summed E-state index contributed by atoms with van der Waals surface area (Å²) in [5.41, 5.74) is 1.67. The predicted octanol–water partition coefficient (Wildman–Crippen LogP) is 1.12. The summed E-state index contributed by atoms with van der Waals surface area (Å²) in [4.78, 5) is 33.2. The molecule has 0 saturated carbocycles. The maximum atomic E-state index is 12.5. The van der Waals surface area contributed by atoms with Gasteiger partial charge < -0.3 is 14.5 Å². The van der Waals surface area contributed by atoms with Gasteiger partial charge in [-0.05, 0) is 25.7 Å². The van der Waals surface area contributed by atoms with Crippen molar-refractivity contribution in [2.75, 3.05) is 44.1 Å². The Bertz CT molecular complexity index is 880. The monoisotopic (exact) mass is 356 g/mol. The lowest BCUT2D eigenvalue weighted by Gasteiger charge is -2.40. The fraction of sp³-hybridized carbons (Fsp3) is 0.556. The second-order valence-electron chi connectivity index (χ2n) is 7.32. The second kappa shape index (κ2) is 6.26. The van der Waals surface area contributed by atoms with Gasteiger partial charge in [0.25, 0.3) is 5.56 Å². The minimum atomic E-state index is -0.112. The van der Waals surface area contributed by atoms with Crippen LogP contribution in [0, 0.1) is 0 Å². The lowest BCUT2D eigenvalue weighted by molar-refractivity contribution is 0.330. The molecule has 138 valence electrons. The van der Waals surface area contributed by atoms with Gasteiger partial charge in [-0.25, -0.2) is 9.97 Å². The number of rotatable bonds is 3. The number of aromatic amines is 1. The third kappa shape index (κ3) is 2.69. The average molecular weight is 356 g/mol. The fourth-order valence-corrected chi connectivity index (χ4v) is 4.15. The number of hydrogen-bond acceptors (Lipinski definition) is 7. The van der Waals surface area contributed by atoms with Crippen molar-refractivity contribution in [3.8, 4) is 5.88 Å². The number of H-pyrrole nitrogens is 1. The third-order valence-corrected chi connectivity index (χ3v) is 5.47. The van der Waals surface area contributed by atoms with Gasteiger partial charge in [0.05, 0.1) is 12.8 Å². The van der Waals surface area contributed by atoms with Crippen LogP contribution in [0.1, 0.15) is 30.5 Å². The zero-order chi connectivity index (χ0) is 18.3. The van der Waals surface area contributed by atoms with Crippen molar-refractivity contribution < 1.29 is 4.74 Å². The summed E-state index contributed by atoms with van der Waals surface area (Å²) in [5, 5.41) is 0. The van der Waals surface area contributed by atoms with Gasteiger partial charge in [0.15, 0.2) is 0 Å². The van der Waals surface area contributed by atoms with E-state index in [2.05, 4.69) is 19.9 Å². The topological polar surface area (TPSA) is 87.2 Å². The van der Waals surface area contributed by atoms with Crippen molar-refractivity contribution in [2.45, 2.75) is 31.1 Å². The molecule has 1 aliphatic heterocycles. The molecule has 0 radical (unpaired) electrons. The van der Waals surface area contributed by atoms with Gasteiger partial charge >= 0.3 is 0 Å². The van der Waals surface area contributed by atoms with E-state index in [-0.39, 0.29) is 11.0 Å². The summed E-state index contributed by atoms with van der Waals surface area (Å²) in [6, 6.07) is 1.75. The molecule has 1 unspecified atom stereocenters. The molecule has 1 fully saturated rings. The number of methoxy groups -OCH3 is 1. The van der Waals surface area contributed by atoms with Crippen molar-refractivity contribution in [3.05, 3.63) is 33.9 Å². The Hall–Kier alpha value is -2.64. The van der Waals surface area contributed by atoms with Crippen LogP contribution in [0.2, 0.25) is 0 Å². The quantitative estimate of drug-likeness (QED) is 0.882. The lowest BCUT2D eigenvalue weighted by Crippen LogP contribution is -2.46. The number of nitrogens with zero attached hydrogens (tertiary/aromatic N) is 5. The number of anilines is 2. The minimum Gasteiger partial charge on any atom is -0.481 e. The van der Waals surface area contributed by atoms with Gasteiger partial charge in [-0.1, -0.05) is 0 Å². The molecule has 26 heavy (non-hydrogen) atoms. The molecule has 1 aliphatic carbocycles. The van der Waals surface area contributed by atoms with E-state index in [1.54, 1.807) is 19.4 Å². The van der Waals surface area contributed by atoms with E-state index >= 15 is 0 Å². The van der Waals surface area contributed by atoms with Crippen LogP contribution in [-0.4, -0.2) is 54.2 Å². The number of hydrogen-bond donors (Lipinski definition) is 1. The molecule has 2 aromatic heterocycles.